The largest absolute Gasteiger partial charge is 0.462 e. The summed E-state index contributed by atoms with van der Waals surface area (Å²) in [4.78, 5) is 40.4. The van der Waals surface area contributed by atoms with E-state index in [1.807, 2.05) is 19.9 Å². The van der Waals surface area contributed by atoms with Gasteiger partial charge in [0.05, 0.1) is 43.5 Å². The molecule has 1 unspecified atom stereocenters. The number of nitrogens with zero attached hydrogens (tertiary/aromatic N) is 1. The fourth-order valence-corrected chi connectivity index (χ4v) is 5.87. The van der Waals surface area contributed by atoms with Gasteiger partial charge in [-0.1, -0.05) is 38.5 Å². The summed E-state index contributed by atoms with van der Waals surface area (Å²) >= 11 is 0. The van der Waals surface area contributed by atoms with E-state index in [9.17, 15) is 29.7 Å². The van der Waals surface area contributed by atoms with Crippen LogP contribution in [0.3, 0.4) is 0 Å². The van der Waals surface area contributed by atoms with Crippen LogP contribution in [0.15, 0.2) is 23.8 Å². The van der Waals surface area contributed by atoms with Gasteiger partial charge < -0.3 is 48.7 Å². The number of ketones is 1. The summed E-state index contributed by atoms with van der Waals surface area (Å²) in [6.45, 7) is 8.95. The molecule has 1 fully saturated rings. The Kier molecular flexibility index (Phi) is 15.8. The third kappa shape index (κ3) is 10.5. The summed E-state index contributed by atoms with van der Waals surface area (Å²) < 4.78 is 28.5. The second-order valence-corrected chi connectivity index (χ2v) is 12.3. The molecule has 0 saturated carbocycles. The predicted molar refractivity (Wildman–Crippen MR) is 161 cm³/mol. The van der Waals surface area contributed by atoms with Crippen LogP contribution in [0.5, 0.6) is 0 Å². The Morgan fingerprint density at radius 1 is 1.09 bits per heavy atom. The number of esters is 1. The molecule has 0 spiro atoms. The summed E-state index contributed by atoms with van der Waals surface area (Å²) in [6, 6.07) is -0.728. The van der Waals surface area contributed by atoms with E-state index in [-0.39, 0.29) is 37.9 Å². The average molecular weight is 628 g/mol. The summed E-state index contributed by atoms with van der Waals surface area (Å²) in [5.74, 6) is -3.48. The summed E-state index contributed by atoms with van der Waals surface area (Å²) in [5.41, 5.74) is 0.759. The molecule has 2 aliphatic rings. The number of cyclic esters (lactones) is 1. The van der Waals surface area contributed by atoms with Crippen LogP contribution in [0.4, 0.5) is 0 Å². The first-order chi connectivity index (χ1) is 20.7. The SMILES string of the molecule is CC[C@H]1OC(=O)C[C@@H](O)[C@H](C)[C@@H](O[C@@H]2O[C@H](C)[C@@H](O)[C@H](N(C)C)[C@H]2O)C(C=O)C[C@@H](C)C(=O)/C=C\C(C)=C\[C@@H]1COCOC. The first-order valence-corrected chi connectivity index (χ1v) is 15.4. The zero-order valence-corrected chi connectivity index (χ0v) is 27.3. The van der Waals surface area contributed by atoms with E-state index in [0.29, 0.717) is 12.7 Å². The molecule has 0 aromatic heterocycles. The smallest absolute Gasteiger partial charge is 0.308 e. The van der Waals surface area contributed by atoms with Crippen LogP contribution >= 0.6 is 0 Å². The van der Waals surface area contributed by atoms with E-state index >= 15 is 0 Å². The van der Waals surface area contributed by atoms with Gasteiger partial charge in [0.25, 0.3) is 0 Å². The standard InChI is InChI=1S/C32H53NO11/c1-9-26-23(16-41-17-40-8)12-18(2)10-11-24(35)19(3)13-22(15-34)31(20(4)25(36)14-27(37)43-26)44-32-30(39)28(33(6)7)29(38)21(5)42-32/h10-12,15,19-23,25-26,28-32,36,38-39H,9,13-14,16-17H2,1-8H3/b11-10-,18-12+/t19-,20+,21-,22?,23-,25-,26-,28+,29-,30-,31-,32+/m1/s1. The maximum Gasteiger partial charge on any atom is 0.308 e. The van der Waals surface area contributed by atoms with Gasteiger partial charge in [-0.2, -0.15) is 0 Å². The molecule has 0 bridgehead atoms. The number of aliphatic hydroxyl groups excluding tert-OH is 3. The number of hydrogen-bond donors (Lipinski definition) is 3. The van der Waals surface area contributed by atoms with Crippen LogP contribution in [0.1, 0.15) is 53.9 Å². The molecule has 44 heavy (non-hydrogen) atoms. The van der Waals surface area contributed by atoms with E-state index in [2.05, 4.69) is 0 Å². The Bertz CT molecular complexity index is 985. The summed E-state index contributed by atoms with van der Waals surface area (Å²) in [7, 11) is 4.92. The number of ether oxygens (including phenoxy) is 5. The number of hydrogen-bond acceptors (Lipinski definition) is 12. The van der Waals surface area contributed by atoms with Gasteiger partial charge in [-0.05, 0) is 46.9 Å². The zero-order valence-electron chi connectivity index (χ0n) is 27.3. The van der Waals surface area contributed by atoms with Gasteiger partial charge in [0.2, 0.25) is 0 Å². The summed E-state index contributed by atoms with van der Waals surface area (Å²) in [6.07, 6.45) is -1.32. The molecule has 0 aromatic carbocycles. The molecule has 0 aromatic rings. The van der Waals surface area contributed by atoms with Crippen molar-refractivity contribution in [3.63, 3.8) is 0 Å². The second kappa shape index (κ2) is 18.2. The third-order valence-electron chi connectivity index (χ3n) is 8.57. The minimum absolute atomic E-state index is 0.0571. The lowest BCUT2D eigenvalue weighted by Crippen LogP contribution is -2.63. The van der Waals surface area contributed by atoms with Crippen molar-refractivity contribution in [1.29, 1.82) is 0 Å². The number of rotatable bonds is 9. The monoisotopic (exact) mass is 627 g/mol. The molecule has 252 valence electrons. The third-order valence-corrected chi connectivity index (χ3v) is 8.57. The molecule has 2 aliphatic heterocycles. The number of aldehydes is 1. The highest BCUT2D eigenvalue weighted by Crippen LogP contribution is 2.32. The molecule has 12 atom stereocenters. The van der Waals surface area contributed by atoms with Gasteiger partial charge in [-0.15, -0.1) is 0 Å². The fourth-order valence-electron chi connectivity index (χ4n) is 5.87. The Labute approximate surface area is 261 Å². The lowest BCUT2D eigenvalue weighted by atomic mass is 9.81. The molecule has 0 amide bonds. The molecule has 0 radical (unpaired) electrons. The number of likely N-dealkylation sites (N-methyl/N-ethyl adjacent to an activating group) is 1. The molecular weight excluding hydrogens is 574 g/mol. The Hall–Kier alpha value is -2.03. The highest BCUT2D eigenvalue weighted by atomic mass is 16.7. The molecule has 3 N–H and O–H groups in total. The lowest BCUT2D eigenvalue weighted by molar-refractivity contribution is -0.302. The molecule has 2 rings (SSSR count). The van der Waals surface area contributed by atoms with Crippen LogP contribution in [0, 0.1) is 23.7 Å². The minimum Gasteiger partial charge on any atom is -0.462 e. The minimum atomic E-state index is -1.29. The van der Waals surface area contributed by atoms with E-state index in [1.54, 1.807) is 45.8 Å². The highest BCUT2D eigenvalue weighted by Gasteiger charge is 2.47. The maximum atomic E-state index is 13.1. The molecular formula is C32H53NO11. The fraction of sp³-hybridized carbons (Fsp3) is 0.781. The normalized spacial score (nSPS) is 40.2. The maximum absolute atomic E-state index is 13.1. The molecule has 0 aliphatic carbocycles. The van der Waals surface area contributed by atoms with Gasteiger partial charge in [-0.25, -0.2) is 0 Å². The van der Waals surface area contributed by atoms with E-state index in [0.717, 1.165) is 5.57 Å². The Balaban J connectivity index is 2.47. The van der Waals surface area contributed by atoms with Crippen LogP contribution in [0.2, 0.25) is 0 Å². The van der Waals surface area contributed by atoms with Crippen molar-refractivity contribution in [2.75, 3.05) is 34.6 Å². The van der Waals surface area contributed by atoms with Gasteiger partial charge in [-0.3, -0.25) is 9.59 Å². The average Bonchev–Trinajstić information content (AvgIpc) is 2.97. The van der Waals surface area contributed by atoms with Gasteiger partial charge >= 0.3 is 5.97 Å². The van der Waals surface area contributed by atoms with E-state index in [4.69, 9.17) is 23.7 Å². The zero-order chi connectivity index (χ0) is 33.1. The quantitative estimate of drug-likeness (QED) is 0.147. The highest BCUT2D eigenvalue weighted by molar-refractivity contribution is 5.92. The molecule has 12 nitrogen and oxygen atoms in total. The van der Waals surface area contributed by atoms with Gasteiger partial charge in [0.1, 0.15) is 25.3 Å². The van der Waals surface area contributed by atoms with Crippen LogP contribution in [-0.4, -0.2) is 122 Å². The number of allylic oxidation sites excluding steroid dienone is 3. The molecule has 12 heteroatoms. The molecule has 1 saturated heterocycles. The van der Waals surface area contributed by atoms with Crippen molar-refractivity contribution >= 4 is 18.0 Å². The van der Waals surface area contributed by atoms with Crippen molar-refractivity contribution in [1.82, 2.24) is 4.90 Å². The number of carbonyl (C=O) groups excluding carboxylic acids is 3. The van der Waals surface area contributed by atoms with E-state index < -0.39 is 72.7 Å². The van der Waals surface area contributed by atoms with Crippen LogP contribution in [0.25, 0.3) is 0 Å². The second-order valence-electron chi connectivity index (χ2n) is 12.3. The Morgan fingerprint density at radius 3 is 2.36 bits per heavy atom. The molecule has 2 heterocycles. The van der Waals surface area contributed by atoms with Gasteiger partial charge in [0.15, 0.2) is 12.1 Å². The van der Waals surface area contributed by atoms with E-state index in [1.165, 1.54) is 13.2 Å². The predicted octanol–water partition coefficient (Wildman–Crippen LogP) is 1.64. The van der Waals surface area contributed by atoms with Crippen molar-refractivity contribution in [2.45, 2.75) is 103 Å². The first kappa shape index (κ1) is 38.2. The number of carbonyl (C=O) groups is 3. The van der Waals surface area contributed by atoms with Crippen molar-refractivity contribution < 1.29 is 53.4 Å². The van der Waals surface area contributed by atoms with Crippen molar-refractivity contribution in [2.24, 2.45) is 23.7 Å². The van der Waals surface area contributed by atoms with Crippen LogP contribution in [-0.2, 0) is 38.1 Å². The van der Waals surface area contributed by atoms with Crippen molar-refractivity contribution in [3.05, 3.63) is 23.8 Å². The summed E-state index contributed by atoms with van der Waals surface area (Å²) in [5, 5.41) is 33.0. The lowest BCUT2D eigenvalue weighted by Gasteiger charge is -2.46. The first-order valence-electron chi connectivity index (χ1n) is 15.4. The Morgan fingerprint density at radius 2 is 1.77 bits per heavy atom. The van der Waals surface area contributed by atoms with Crippen LogP contribution < -0.4 is 0 Å². The topological polar surface area (TPSA) is 161 Å². The van der Waals surface area contributed by atoms with Crippen molar-refractivity contribution in [3.8, 4) is 0 Å². The van der Waals surface area contributed by atoms with Gasteiger partial charge in [0, 0.05) is 30.8 Å². The number of methoxy groups -OCH3 is 1. The number of aliphatic hydroxyl groups is 3.